The normalized spacial score (nSPS) is 17.4. The number of nitrogens with one attached hydrogen (secondary N) is 1. The maximum Gasteiger partial charge on any atom is 0.416 e. The van der Waals surface area contributed by atoms with Gasteiger partial charge in [-0.2, -0.15) is 13.2 Å². The van der Waals surface area contributed by atoms with Crippen LogP contribution in [-0.2, 0) is 19.3 Å². The Bertz CT molecular complexity index is 742. The van der Waals surface area contributed by atoms with Gasteiger partial charge in [0, 0.05) is 31.2 Å². The number of ether oxygens (including phenoxy) is 1. The zero-order valence-electron chi connectivity index (χ0n) is 15.4. The average Bonchev–Trinajstić information content (AvgIpc) is 3.17. The number of hydrogen-bond donors (Lipinski definition) is 1. The van der Waals surface area contributed by atoms with Crippen LogP contribution in [0.4, 0.5) is 13.2 Å². The molecule has 0 aromatic heterocycles. The minimum Gasteiger partial charge on any atom is -0.494 e. The quantitative estimate of drug-likeness (QED) is 0.769. The van der Waals surface area contributed by atoms with Crippen LogP contribution in [0, 0.1) is 0 Å². The molecule has 1 N–H and O–H groups in total. The van der Waals surface area contributed by atoms with Crippen molar-refractivity contribution in [3.8, 4) is 5.75 Å². The third kappa shape index (κ3) is 5.02. The lowest BCUT2D eigenvalue weighted by molar-refractivity contribution is -0.138. The summed E-state index contributed by atoms with van der Waals surface area (Å²) in [7, 11) is 0. The van der Waals surface area contributed by atoms with Crippen LogP contribution in [0.25, 0.3) is 0 Å². The van der Waals surface area contributed by atoms with Crippen LogP contribution in [0.2, 0.25) is 0 Å². The van der Waals surface area contributed by atoms with E-state index in [9.17, 15) is 13.2 Å². The first-order chi connectivity index (χ1) is 13.0. The molecule has 3 nitrogen and oxygen atoms in total. The van der Waals surface area contributed by atoms with Crippen molar-refractivity contribution in [2.45, 2.75) is 38.7 Å². The lowest BCUT2D eigenvalue weighted by atomic mass is 10.0. The summed E-state index contributed by atoms with van der Waals surface area (Å²) in [6.07, 6.45) is -3.43. The first-order valence-corrected chi connectivity index (χ1v) is 9.29. The second-order valence-electron chi connectivity index (χ2n) is 6.75. The van der Waals surface area contributed by atoms with Gasteiger partial charge in [0.15, 0.2) is 0 Å². The van der Waals surface area contributed by atoms with E-state index in [1.165, 1.54) is 6.07 Å². The van der Waals surface area contributed by atoms with Crippen molar-refractivity contribution in [1.82, 2.24) is 10.2 Å². The summed E-state index contributed by atoms with van der Waals surface area (Å²) in [5, 5.41) is 3.31. The number of alkyl halides is 3. The van der Waals surface area contributed by atoms with Crippen molar-refractivity contribution in [3.05, 3.63) is 65.2 Å². The van der Waals surface area contributed by atoms with Crippen LogP contribution >= 0.6 is 0 Å². The molecule has 1 fully saturated rings. The van der Waals surface area contributed by atoms with Gasteiger partial charge in [-0.3, -0.25) is 4.90 Å². The van der Waals surface area contributed by atoms with Gasteiger partial charge < -0.3 is 10.1 Å². The number of para-hydroxylation sites is 1. The molecule has 6 heteroatoms. The van der Waals surface area contributed by atoms with Crippen LogP contribution < -0.4 is 10.1 Å². The van der Waals surface area contributed by atoms with E-state index >= 15 is 0 Å². The van der Waals surface area contributed by atoms with Crippen molar-refractivity contribution < 1.29 is 17.9 Å². The summed E-state index contributed by atoms with van der Waals surface area (Å²) in [5.74, 6) is 0.792. The number of halogens is 3. The molecule has 1 heterocycles. The second kappa shape index (κ2) is 8.76. The Labute approximate surface area is 158 Å². The largest absolute Gasteiger partial charge is 0.494 e. The Morgan fingerprint density at radius 3 is 2.37 bits per heavy atom. The maximum absolute atomic E-state index is 13.4. The minimum absolute atomic E-state index is 0.195. The summed E-state index contributed by atoms with van der Waals surface area (Å²) < 4.78 is 46.0. The fourth-order valence-electron chi connectivity index (χ4n) is 3.57. The Morgan fingerprint density at radius 1 is 1.04 bits per heavy atom. The van der Waals surface area contributed by atoms with E-state index < -0.39 is 11.7 Å². The van der Waals surface area contributed by atoms with Crippen molar-refractivity contribution in [2.24, 2.45) is 0 Å². The Balaban J connectivity index is 1.88. The number of benzene rings is 2. The molecule has 1 aliphatic rings. The average molecular weight is 378 g/mol. The van der Waals surface area contributed by atoms with E-state index in [-0.39, 0.29) is 12.6 Å². The number of hydrogen-bond acceptors (Lipinski definition) is 3. The second-order valence-corrected chi connectivity index (χ2v) is 6.75. The first-order valence-electron chi connectivity index (χ1n) is 9.29. The van der Waals surface area contributed by atoms with Crippen molar-refractivity contribution in [2.75, 3.05) is 19.7 Å². The van der Waals surface area contributed by atoms with Gasteiger partial charge in [-0.15, -0.1) is 0 Å². The molecule has 1 aliphatic heterocycles. The van der Waals surface area contributed by atoms with Crippen molar-refractivity contribution >= 4 is 0 Å². The molecular formula is C21H25F3N2O. The predicted octanol–water partition coefficient (Wildman–Crippen LogP) is 4.47. The van der Waals surface area contributed by atoms with Gasteiger partial charge in [-0.05, 0) is 37.6 Å². The Kier molecular flexibility index (Phi) is 6.39. The molecule has 0 radical (unpaired) electrons. The molecule has 0 unspecified atom stereocenters. The molecule has 0 saturated carbocycles. The van der Waals surface area contributed by atoms with E-state index in [1.807, 2.05) is 31.2 Å². The number of nitrogens with zero attached hydrogens (tertiary/aromatic N) is 1. The molecule has 2 aromatic rings. The Morgan fingerprint density at radius 2 is 1.70 bits per heavy atom. The molecule has 0 aliphatic carbocycles. The Hall–Kier alpha value is -2.05. The van der Waals surface area contributed by atoms with Gasteiger partial charge in [-0.1, -0.05) is 36.4 Å². The lowest BCUT2D eigenvalue weighted by Gasteiger charge is -2.30. The summed E-state index contributed by atoms with van der Waals surface area (Å²) >= 11 is 0. The molecule has 0 amide bonds. The van der Waals surface area contributed by atoms with Gasteiger partial charge in [0.25, 0.3) is 0 Å². The van der Waals surface area contributed by atoms with Crippen molar-refractivity contribution in [3.63, 3.8) is 0 Å². The zero-order chi connectivity index (χ0) is 19.3. The maximum atomic E-state index is 13.4. The van der Waals surface area contributed by atoms with Gasteiger partial charge in [0.05, 0.1) is 12.2 Å². The fourth-order valence-corrected chi connectivity index (χ4v) is 3.57. The third-order valence-corrected chi connectivity index (χ3v) is 4.89. The van der Waals surface area contributed by atoms with E-state index in [0.717, 1.165) is 36.9 Å². The molecule has 0 spiro atoms. The fraction of sp³-hybridized carbons (Fsp3) is 0.429. The summed E-state index contributed by atoms with van der Waals surface area (Å²) in [4.78, 5) is 2.13. The van der Waals surface area contributed by atoms with Gasteiger partial charge in [0.2, 0.25) is 0 Å². The number of rotatable bonds is 7. The van der Waals surface area contributed by atoms with E-state index in [4.69, 9.17) is 4.74 Å². The van der Waals surface area contributed by atoms with Crippen LogP contribution in [0.15, 0.2) is 48.5 Å². The molecule has 1 saturated heterocycles. The van der Waals surface area contributed by atoms with Crippen LogP contribution in [-0.4, -0.2) is 30.6 Å². The molecule has 27 heavy (non-hydrogen) atoms. The van der Waals surface area contributed by atoms with Crippen LogP contribution in [0.3, 0.4) is 0 Å². The molecule has 0 bridgehead atoms. The summed E-state index contributed by atoms with van der Waals surface area (Å²) in [5.41, 5.74) is 0.751. The van der Waals surface area contributed by atoms with Crippen LogP contribution in [0.5, 0.6) is 5.75 Å². The third-order valence-electron chi connectivity index (χ3n) is 4.89. The lowest BCUT2D eigenvalue weighted by Crippen LogP contribution is -2.36. The molecule has 2 aromatic carbocycles. The zero-order valence-corrected chi connectivity index (χ0v) is 15.4. The highest BCUT2D eigenvalue weighted by Gasteiger charge is 2.34. The van der Waals surface area contributed by atoms with Crippen molar-refractivity contribution in [1.29, 1.82) is 0 Å². The van der Waals surface area contributed by atoms with E-state index in [0.29, 0.717) is 18.7 Å². The van der Waals surface area contributed by atoms with Gasteiger partial charge >= 0.3 is 6.18 Å². The topological polar surface area (TPSA) is 24.5 Å². The molecule has 3 rings (SSSR count). The standard InChI is InChI=1S/C21H25F3N2O/c1-2-27-20-10-6-4-8-17(20)15-26(18-11-12-25-13-18)14-16-7-3-5-9-19(16)21(22,23)24/h3-10,18,25H,2,11-15H2,1H3/t18-/m0/s1. The van der Waals surface area contributed by atoms with E-state index in [2.05, 4.69) is 10.2 Å². The summed E-state index contributed by atoms with van der Waals surface area (Å²) in [6.45, 7) is 4.95. The highest BCUT2D eigenvalue weighted by atomic mass is 19.4. The SMILES string of the molecule is CCOc1ccccc1CN(Cc1ccccc1C(F)(F)F)[C@H]1CCNC1. The first kappa shape index (κ1) is 19.7. The minimum atomic E-state index is -4.35. The monoisotopic (exact) mass is 378 g/mol. The molecule has 1 atom stereocenters. The molecule has 146 valence electrons. The molecular weight excluding hydrogens is 353 g/mol. The van der Waals surface area contributed by atoms with Gasteiger partial charge in [-0.25, -0.2) is 0 Å². The smallest absolute Gasteiger partial charge is 0.416 e. The van der Waals surface area contributed by atoms with E-state index in [1.54, 1.807) is 12.1 Å². The predicted molar refractivity (Wildman–Crippen MR) is 99.6 cm³/mol. The summed E-state index contributed by atoms with van der Waals surface area (Å²) in [6, 6.07) is 13.8. The highest BCUT2D eigenvalue weighted by Crippen LogP contribution is 2.33. The highest BCUT2D eigenvalue weighted by molar-refractivity contribution is 5.34. The van der Waals surface area contributed by atoms with Gasteiger partial charge in [0.1, 0.15) is 5.75 Å². The van der Waals surface area contributed by atoms with Crippen LogP contribution in [0.1, 0.15) is 30.0 Å².